The fourth-order valence-electron chi connectivity index (χ4n) is 5.62. The Morgan fingerprint density at radius 3 is 1.00 bits per heavy atom. The zero-order valence-corrected chi connectivity index (χ0v) is 24.2. The van der Waals surface area contributed by atoms with Gasteiger partial charge in [-0.1, -0.05) is 0 Å². The summed E-state index contributed by atoms with van der Waals surface area (Å²) in [5.41, 5.74) is -2.97. The van der Waals surface area contributed by atoms with Crippen LogP contribution in [0.2, 0.25) is 0 Å². The molecule has 0 amide bonds. The maximum absolute atomic E-state index is 13.6. The van der Waals surface area contributed by atoms with Gasteiger partial charge in [-0.05, 0) is 0 Å². The first-order valence-electron chi connectivity index (χ1n) is 13.2. The van der Waals surface area contributed by atoms with Gasteiger partial charge in [0.25, 0.3) is 16.7 Å². The maximum Gasteiger partial charge on any atom is 0.332 e. The molecule has 0 unspecified atom stereocenters. The van der Waals surface area contributed by atoms with Crippen LogP contribution in [0.4, 0.5) is 0 Å². The van der Waals surface area contributed by atoms with Crippen molar-refractivity contribution in [3.05, 3.63) is 81.5 Å². The SMILES string of the molecule is Cn1cnc2c1c(=O)n(CC(Cn1c(=O)c3c(ncn3C)n(C)c1=O)Cn1c(=O)c3c(ncn3C)n(C)c1=O)c(=O)n2C. The first-order valence-corrected chi connectivity index (χ1v) is 13.2. The number of rotatable bonds is 6. The minimum atomic E-state index is -0.941. The third-order valence-corrected chi connectivity index (χ3v) is 7.93. The lowest BCUT2D eigenvalue weighted by Crippen LogP contribution is -2.47. The molecule has 6 heterocycles. The average Bonchev–Trinajstić information content (AvgIpc) is 3.68. The number of aryl methyl sites for hydroxylation is 6. The maximum atomic E-state index is 13.6. The molecular weight excluding hydrogens is 564 g/mol. The number of fused-ring (bicyclic) bond motifs is 3. The van der Waals surface area contributed by atoms with Crippen LogP contribution in [0.5, 0.6) is 0 Å². The largest absolute Gasteiger partial charge is 0.332 e. The summed E-state index contributed by atoms with van der Waals surface area (Å²) < 4.78 is 11.0. The van der Waals surface area contributed by atoms with E-state index in [0.717, 1.165) is 13.7 Å². The van der Waals surface area contributed by atoms with Gasteiger partial charge in [-0.15, -0.1) is 0 Å². The molecule has 0 saturated carbocycles. The van der Waals surface area contributed by atoms with Crippen LogP contribution in [0.25, 0.3) is 33.5 Å². The third-order valence-electron chi connectivity index (χ3n) is 7.93. The predicted molar refractivity (Wildman–Crippen MR) is 154 cm³/mol. The molecule has 224 valence electrons. The standard InChI is InChI=1S/C25H28N12O6/c1-29-10-26-17-14(29)20(38)35(23(41)32(17)4)7-13(8-36-21(39)15-18(27-11-30(15)2)33(5)24(36)42)9-37-22(40)16-19(28-12-31(16)3)34(6)25(37)43/h10-13H,7-9H2,1-6H3. The summed E-state index contributed by atoms with van der Waals surface area (Å²) in [6, 6.07) is 0. The molecule has 43 heavy (non-hydrogen) atoms. The zero-order valence-electron chi connectivity index (χ0n) is 24.2. The molecular formula is C25H28N12O6. The van der Waals surface area contributed by atoms with E-state index in [0.29, 0.717) is 0 Å². The van der Waals surface area contributed by atoms with Gasteiger partial charge >= 0.3 is 17.1 Å². The highest BCUT2D eigenvalue weighted by atomic mass is 16.2. The molecule has 0 aliphatic rings. The summed E-state index contributed by atoms with van der Waals surface area (Å²) in [5, 5.41) is 0. The van der Waals surface area contributed by atoms with Crippen LogP contribution in [-0.4, -0.2) is 56.1 Å². The van der Waals surface area contributed by atoms with Gasteiger partial charge in [-0.3, -0.25) is 41.8 Å². The molecule has 0 radical (unpaired) electrons. The Labute approximate surface area is 239 Å². The van der Waals surface area contributed by atoms with Gasteiger partial charge in [0.05, 0.1) is 19.0 Å². The van der Waals surface area contributed by atoms with Crippen LogP contribution in [0, 0.1) is 5.92 Å². The molecule has 6 rings (SSSR count). The van der Waals surface area contributed by atoms with Crippen molar-refractivity contribution in [1.29, 1.82) is 0 Å². The number of nitrogens with zero attached hydrogens (tertiary/aromatic N) is 12. The van der Waals surface area contributed by atoms with E-state index >= 15 is 0 Å². The highest BCUT2D eigenvalue weighted by Gasteiger charge is 2.25. The molecule has 18 heteroatoms. The summed E-state index contributed by atoms with van der Waals surface area (Å²) in [4.78, 5) is 93.3. The van der Waals surface area contributed by atoms with Gasteiger partial charge in [0, 0.05) is 67.8 Å². The quantitative estimate of drug-likeness (QED) is 0.194. The van der Waals surface area contributed by atoms with E-state index in [4.69, 9.17) is 0 Å². The molecule has 0 fully saturated rings. The van der Waals surface area contributed by atoms with Gasteiger partial charge in [0.2, 0.25) is 0 Å². The topological polar surface area (TPSA) is 185 Å². The van der Waals surface area contributed by atoms with Crippen LogP contribution < -0.4 is 33.7 Å². The average molecular weight is 593 g/mol. The summed E-state index contributed by atoms with van der Waals surface area (Å²) in [6.45, 7) is -0.986. The minimum Gasteiger partial charge on any atom is -0.328 e. The fourth-order valence-corrected chi connectivity index (χ4v) is 5.62. The molecule has 6 aromatic rings. The van der Waals surface area contributed by atoms with Crippen LogP contribution in [0.3, 0.4) is 0 Å². The van der Waals surface area contributed by atoms with Crippen molar-refractivity contribution in [2.24, 2.45) is 48.2 Å². The third kappa shape index (κ3) is 3.89. The Morgan fingerprint density at radius 2 is 0.744 bits per heavy atom. The molecule has 0 aliphatic carbocycles. The second kappa shape index (κ2) is 9.50. The smallest absolute Gasteiger partial charge is 0.328 e. The van der Waals surface area contributed by atoms with Crippen molar-refractivity contribution >= 4 is 33.5 Å². The van der Waals surface area contributed by atoms with E-state index in [-0.39, 0.29) is 53.1 Å². The van der Waals surface area contributed by atoms with Gasteiger partial charge in [0.15, 0.2) is 33.5 Å². The van der Waals surface area contributed by atoms with Crippen molar-refractivity contribution in [3.63, 3.8) is 0 Å². The molecule has 0 bridgehead atoms. The van der Waals surface area contributed by atoms with Crippen molar-refractivity contribution in [2.45, 2.75) is 19.6 Å². The summed E-state index contributed by atoms with van der Waals surface area (Å²) in [7, 11) is 9.24. The summed E-state index contributed by atoms with van der Waals surface area (Å²) >= 11 is 0. The Kier molecular flexibility index (Phi) is 6.10. The lowest BCUT2D eigenvalue weighted by molar-refractivity contribution is 0.308. The second-order valence-electron chi connectivity index (χ2n) is 10.7. The normalized spacial score (nSPS) is 12.1. The van der Waals surface area contributed by atoms with Gasteiger partial charge in [0.1, 0.15) is 0 Å². The number of hydrogen-bond donors (Lipinski definition) is 0. The lowest BCUT2D eigenvalue weighted by Gasteiger charge is -2.21. The van der Waals surface area contributed by atoms with E-state index in [1.807, 2.05) is 0 Å². The first-order chi connectivity index (χ1) is 20.3. The minimum absolute atomic E-state index is 0.162. The molecule has 0 aromatic carbocycles. The Bertz CT molecular complexity index is 2210. The molecule has 18 nitrogen and oxygen atoms in total. The van der Waals surface area contributed by atoms with Crippen LogP contribution >= 0.6 is 0 Å². The van der Waals surface area contributed by atoms with Gasteiger partial charge < -0.3 is 13.7 Å². The Hall–Kier alpha value is -5.55. The van der Waals surface area contributed by atoms with E-state index in [9.17, 15) is 28.8 Å². The number of aromatic nitrogens is 12. The van der Waals surface area contributed by atoms with Crippen molar-refractivity contribution < 1.29 is 0 Å². The lowest BCUT2D eigenvalue weighted by atomic mass is 10.1. The highest BCUT2D eigenvalue weighted by Crippen LogP contribution is 2.10. The van der Waals surface area contributed by atoms with Crippen molar-refractivity contribution in [2.75, 3.05) is 0 Å². The predicted octanol–water partition coefficient (Wildman–Crippen LogP) is -3.06. The number of imidazole rings is 3. The van der Waals surface area contributed by atoms with Crippen LogP contribution in [0.15, 0.2) is 47.7 Å². The zero-order chi connectivity index (χ0) is 31.1. The molecule has 0 atom stereocenters. The van der Waals surface area contributed by atoms with Crippen LogP contribution in [0.1, 0.15) is 0 Å². The molecule has 0 aliphatic heterocycles. The molecule has 6 aromatic heterocycles. The second-order valence-corrected chi connectivity index (χ2v) is 10.7. The van der Waals surface area contributed by atoms with Crippen LogP contribution in [-0.2, 0) is 61.9 Å². The highest BCUT2D eigenvalue weighted by molar-refractivity contribution is 5.71. The summed E-state index contributed by atoms with van der Waals surface area (Å²) in [5.74, 6) is -0.941. The van der Waals surface area contributed by atoms with E-state index in [1.54, 1.807) is 21.1 Å². The number of hydrogen-bond acceptors (Lipinski definition) is 9. The van der Waals surface area contributed by atoms with Gasteiger partial charge in [-0.25, -0.2) is 29.3 Å². The van der Waals surface area contributed by atoms with Crippen molar-refractivity contribution in [3.8, 4) is 0 Å². The van der Waals surface area contributed by atoms with E-state index < -0.39 is 39.7 Å². The Balaban J connectivity index is 1.58. The van der Waals surface area contributed by atoms with Gasteiger partial charge in [-0.2, -0.15) is 0 Å². The fraction of sp³-hybridized carbons (Fsp3) is 0.400. The monoisotopic (exact) mass is 592 g/mol. The first kappa shape index (κ1) is 27.6. The summed E-state index contributed by atoms with van der Waals surface area (Å²) in [6.07, 6.45) is 4.23. The van der Waals surface area contributed by atoms with E-state index in [2.05, 4.69) is 15.0 Å². The molecule has 0 saturated heterocycles. The van der Waals surface area contributed by atoms with E-state index in [1.165, 1.54) is 67.5 Å². The van der Waals surface area contributed by atoms with Crippen molar-refractivity contribution in [1.82, 2.24) is 56.1 Å². The Morgan fingerprint density at radius 1 is 0.488 bits per heavy atom. The molecule has 0 spiro atoms. The molecule has 0 N–H and O–H groups in total.